The second kappa shape index (κ2) is 10.6. The summed E-state index contributed by atoms with van der Waals surface area (Å²) in [6.07, 6.45) is 5.09. The number of aromatic nitrogens is 1. The Hall–Kier alpha value is -3.30. The van der Waals surface area contributed by atoms with Gasteiger partial charge in [-0.15, -0.1) is 11.3 Å². The van der Waals surface area contributed by atoms with E-state index in [4.69, 9.17) is 15.6 Å². The zero-order valence-electron chi connectivity index (χ0n) is 20.7. The lowest BCUT2D eigenvalue weighted by Crippen LogP contribution is -2.44. The fourth-order valence-corrected chi connectivity index (χ4v) is 6.77. The van der Waals surface area contributed by atoms with E-state index in [2.05, 4.69) is 4.98 Å². The standard InChI is InChI=1S/C19H22FN3OS.C9H8O3/c1-11-22-17(18(25-11)13-5-2-6-14(20)8-13)19(24)23-15(10-21)9-12-4-3-7-16(12)23;10-9(11)7-2-1-3-8-6(7)4-5-12-8/h2,5-6,8,12,15-16H,3-4,7,9-10,21H2,1H3;1-3H,4-5H2,(H,10,11)/t12-,15-,16-;/m0./s1. The summed E-state index contributed by atoms with van der Waals surface area (Å²) >= 11 is 1.44. The first-order valence-electron chi connectivity index (χ1n) is 12.6. The monoisotopic (exact) mass is 523 g/mol. The summed E-state index contributed by atoms with van der Waals surface area (Å²) < 4.78 is 18.9. The van der Waals surface area contributed by atoms with Crippen LogP contribution in [0.1, 0.15) is 57.1 Å². The van der Waals surface area contributed by atoms with Gasteiger partial charge in [0, 0.05) is 30.6 Å². The molecule has 37 heavy (non-hydrogen) atoms. The number of halogens is 1. The summed E-state index contributed by atoms with van der Waals surface area (Å²) in [4.78, 5) is 31.3. The number of hydrogen-bond donors (Lipinski definition) is 2. The zero-order valence-corrected chi connectivity index (χ0v) is 21.5. The van der Waals surface area contributed by atoms with Gasteiger partial charge in [-0.3, -0.25) is 4.79 Å². The third-order valence-electron chi connectivity index (χ3n) is 7.45. The number of carboxylic acid groups (broad SMARTS) is 1. The third kappa shape index (κ3) is 4.98. The molecule has 1 saturated carbocycles. The number of amides is 1. The van der Waals surface area contributed by atoms with Crippen LogP contribution in [0.25, 0.3) is 10.4 Å². The normalized spacial score (nSPS) is 21.6. The molecule has 6 rings (SSSR count). The molecular formula is C28H30FN3O4S. The molecule has 3 aromatic rings. The Morgan fingerprint density at radius 3 is 2.81 bits per heavy atom. The van der Waals surface area contributed by atoms with E-state index in [1.54, 1.807) is 24.3 Å². The molecule has 1 aliphatic carbocycles. The average Bonchev–Trinajstić information content (AvgIpc) is 3.66. The van der Waals surface area contributed by atoms with Crippen molar-refractivity contribution in [1.29, 1.82) is 0 Å². The number of nitrogens with zero attached hydrogens (tertiary/aromatic N) is 2. The molecule has 2 fully saturated rings. The Morgan fingerprint density at radius 2 is 2.05 bits per heavy atom. The first-order valence-corrected chi connectivity index (χ1v) is 13.4. The Labute approximate surface area is 219 Å². The number of aryl methyl sites for hydroxylation is 1. The number of carboxylic acids is 1. The number of nitrogens with two attached hydrogens (primary N) is 1. The van der Waals surface area contributed by atoms with Crippen LogP contribution in [0.15, 0.2) is 42.5 Å². The topological polar surface area (TPSA) is 106 Å². The van der Waals surface area contributed by atoms with Crippen LogP contribution < -0.4 is 10.5 Å². The van der Waals surface area contributed by atoms with Gasteiger partial charge < -0.3 is 20.5 Å². The molecule has 0 unspecified atom stereocenters. The number of benzene rings is 2. The number of hydrogen-bond acceptors (Lipinski definition) is 6. The molecule has 2 aromatic carbocycles. The van der Waals surface area contributed by atoms with Crippen molar-refractivity contribution in [3.63, 3.8) is 0 Å². The highest BCUT2D eigenvalue weighted by Crippen LogP contribution is 2.42. The summed E-state index contributed by atoms with van der Waals surface area (Å²) in [5.41, 5.74) is 8.30. The van der Waals surface area contributed by atoms with Gasteiger partial charge in [-0.2, -0.15) is 0 Å². The maximum atomic E-state index is 13.7. The second-order valence-corrected chi connectivity index (χ2v) is 10.9. The van der Waals surface area contributed by atoms with Crippen LogP contribution in [-0.2, 0) is 6.42 Å². The van der Waals surface area contributed by atoms with Gasteiger partial charge in [0.05, 0.1) is 22.1 Å². The minimum Gasteiger partial charge on any atom is -0.493 e. The number of fused-ring (bicyclic) bond motifs is 2. The van der Waals surface area contributed by atoms with Gasteiger partial charge >= 0.3 is 5.97 Å². The van der Waals surface area contributed by atoms with Crippen LogP contribution in [0.4, 0.5) is 4.39 Å². The molecule has 1 aromatic heterocycles. The molecule has 0 radical (unpaired) electrons. The van der Waals surface area contributed by atoms with E-state index in [9.17, 15) is 14.0 Å². The van der Waals surface area contributed by atoms with Crippen molar-refractivity contribution in [1.82, 2.24) is 9.88 Å². The second-order valence-electron chi connectivity index (χ2n) is 9.70. The molecule has 1 saturated heterocycles. The molecule has 194 valence electrons. The smallest absolute Gasteiger partial charge is 0.336 e. The van der Waals surface area contributed by atoms with Crippen molar-refractivity contribution in [2.24, 2.45) is 11.7 Å². The summed E-state index contributed by atoms with van der Waals surface area (Å²) in [5.74, 6) is 0.0504. The number of likely N-dealkylation sites (tertiary alicyclic amines) is 1. The summed E-state index contributed by atoms with van der Waals surface area (Å²) in [6.45, 7) is 2.96. The highest BCUT2D eigenvalue weighted by molar-refractivity contribution is 7.15. The number of carbonyl (C=O) groups is 2. The van der Waals surface area contributed by atoms with Crippen LogP contribution >= 0.6 is 11.3 Å². The van der Waals surface area contributed by atoms with Gasteiger partial charge in [0.15, 0.2) is 0 Å². The van der Waals surface area contributed by atoms with E-state index in [-0.39, 0.29) is 23.8 Å². The zero-order chi connectivity index (χ0) is 26.1. The SMILES string of the molecule is Cc1nc(C(=O)N2[C@H](CN)C[C@@H]3CCC[C@@H]32)c(-c2cccc(F)c2)s1.O=C(O)c1cccc2c1CCO2. The number of aromatic carboxylic acids is 1. The molecule has 3 N–H and O–H groups in total. The van der Waals surface area contributed by atoms with Gasteiger partial charge in [0.2, 0.25) is 0 Å². The largest absolute Gasteiger partial charge is 0.493 e. The first kappa shape index (κ1) is 25.4. The molecule has 7 nitrogen and oxygen atoms in total. The van der Waals surface area contributed by atoms with Crippen molar-refractivity contribution in [3.05, 3.63) is 70.1 Å². The minimum atomic E-state index is -0.877. The third-order valence-corrected chi connectivity index (χ3v) is 8.47. The number of carbonyl (C=O) groups excluding carboxylic acids is 1. The molecule has 0 spiro atoms. The van der Waals surface area contributed by atoms with Gasteiger partial charge in [-0.1, -0.05) is 24.6 Å². The summed E-state index contributed by atoms with van der Waals surface area (Å²) in [7, 11) is 0. The average molecular weight is 524 g/mol. The maximum Gasteiger partial charge on any atom is 0.336 e. The molecule has 3 atom stereocenters. The molecular weight excluding hydrogens is 493 g/mol. The molecule has 3 heterocycles. The van der Waals surface area contributed by atoms with Gasteiger partial charge in [-0.05, 0) is 61.9 Å². The first-order chi connectivity index (χ1) is 17.9. The maximum absolute atomic E-state index is 13.7. The van der Waals surface area contributed by atoms with Gasteiger partial charge in [-0.25, -0.2) is 14.2 Å². The van der Waals surface area contributed by atoms with Crippen LogP contribution in [-0.4, -0.2) is 52.1 Å². The van der Waals surface area contributed by atoms with Crippen molar-refractivity contribution >= 4 is 23.2 Å². The van der Waals surface area contributed by atoms with E-state index >= 15 is 0 Å². The Kier molecular flexibility index (Phi) is 7.26. The Balaban J connectivity index is 0.000000195. The van der Waals surface area contributed by atoms with Gasteiger partial charge in [0.25, 0.3) is 5.91 Å². The van der Waals surface area contributed by atoms with Crippen LogP contribution in [0.3, 0.4) is 0 Å². The van der Waals surface area contributed by atoms with Crippen LogP contribution in [0.2, 0.25) is 0 Å². The van der Waals surface area contributed by atoms with Crippen molar-refractivity contribution in [2.45, 2.75) is 51.1 Å². The highest BCUT2D eigenvalue weighted by atomic mass is 32.1. The fourth-order valence-electron chi connectivity index (χ4n) is 5.86. The lowest BCUT2D eigenvalue weighted by atomic mass is 10.0. The lowest BCUT2D eigenvalue weighted by molar-refractivity contribution is 0.0658. The van der Waals surface area contributed by atoms with Crippen molar-refractivity contribution in [3.8, 4) is 16.2 Å². The highest BCUT2D eigenvalue weighted by Gasteiger charge is 2.46. The molecule has 3 aliphatic rings. The van der Waals surface area contributed by atoms with E-state index in [1.165, 1.54) is 36.3 Å². The van der Waals surface area contributed by atoms with Crippen molar-refractivity contribution in [2.75, 3.05) is 13.2 Å². The molecule has 9 heteroatoms. The van der Waals surface area contributed by atoms with E-state index in [0.717, 1.165) is 34.0 Å². The summed E-state index contributed by atoms with van der Waals surface area (Å²) in [5, 5.41) is 9.61. The molecule has 0 bridgehead atoms. The van der Waals surface area contributed by atoms with Crippen LogP contribution in [0, 0.1) is 18.7 Å². The Morgan fingerprint density at radius 1 is 1.24 bits per heavy atom. The predicted molar refractivity (Wildman–Crippen MR) is 140 cm³/mol. The van der Waals surface area contributed by atoms with Gasteiger partial charge in [0.1, 0.15) is 17.3 Å². The quantitative estimate of drug-likeness (QED) is 0.503. The van der Waals surface area contributed by atoms with Crippen LogP contribution in [0.5, 0.6) is 5.75 Å². The number of ether oxygens (including phenoxy) is 1. The van der Waals surface area contributed by atoms with E-state index in [0.29, 0.717) is 42.3 Å². The molecule has 2 aliphatic heterocycles. The fraction of sp³-hybridized carbons (Fsp3) is 0.393. The molecule has 1 amide bonds. The Bertz CT molecular complexity index is 1330. The lowest BCUT2D eigenvalue weighted by Gasteiger charge is -2.29. The summed E-state index contributed by atoms with van der Waals surface area (Å²) in [6, 6.07) is 11.8. The minimum absolute atomic E-state index is 0.0477. The number of rotatable bonds is 4. The van der Waals surface area contributed by atoms with E-state index in [1.807, 2.05) is 17.9 Å². The number of thiazole rings is 1. The van der Waals surface area contributed by atoms with Crippen molar-refractivity contribution < 1.29 is 23.8 Å². The van der Waals surface area contributed by atoms with E-state index < -0.39 is 5.97 Å². The predicted octanol–water partition coefficient (Wildman–Crippen LogP) is 4.92.